The summed E-state index contributed by atoms with van der Waals surface area (Å²) in [5.41, 5.74) is 6.15. The predicted molar refractivity (Wildman–Crippen MR) is 53.5 cm³/mol. The number of amidine groups is 1. The van der Waals surface area contributed by atoms with Crippen molar-refractivity contribution in [3.63, 3.8) is 0 Å². The first kappa shape index (κ1) is 9.85. The zero-order valence-corrected chi connectivity index (χ0v) is 8.39. The van der Waals surface area contributed by atoms with Gasteiger partial charge in [0.05, 0.1) is 11.5 Å². The number of rotatable bonds is 3. The minimum absolute atomic E-state index is 0.102. The highest BCUT2D eigenvalue weighted by atomic mass is 32.1. The molecule has 4 nitrogen and oxygen atoms in total. The maximum Gasteiger partial charge on any atom is 0.210 e. The number of carbonyl (C=O) groups is 1. The van der Waals surface area contributed by atoms with E-state index in [2.05, 4.69) is 9.98 Å². The lowest BCUT2D eigenvalue weighted by atomic mass is 10.3. The number of nitrogens with zero attached hydrogens (tertiary/aromatic N) is 2. The van der Waals surface area contributed by atoms with Gasteiger partial charge in [-0.15, -0.1) is 11.3 Å². The van der Waals surface area contributed by atoms with Crippen LogP contribution in [0, 0.1) is 0 Å². The standard InChI is InChI=1S/C8H11N3OS/c1-5(12)3-7-4-13-8(11-7)10-6(2)9/h4H,3H2,1-2H3,(H2,9,10,11). The Kier molecular flexibility index (Phi) is 3.13. The van der Waals surface area contributed by atoms with Crippen LogP contribution in [0.3, 0.4) is 0 Å². The lowest BCUT2D eigenvalue weighted by Crippen LogP contribution is -2.03. The normalized spacial score (nSPS) is 11.7. The Balaban J connectivity index is 2.75. The van der Waals surface area contributed by atoms with Crippen LogP contribution in [0.2, 0.25) is 0 Å². The van der Waals surface area contributed by atoms with Crippen molar-refractivity contribution in [1.29, 1.82) is 0 Å². The van der Waals surface area contributed by atoms with Gasteiger partial charge >= 0.3 is 0 Å². The molecule has 0 aliphatic heterocycles. The highest BCUT2D eigenvalue weighted by molar-refractivity contribution is 7.13. The molecule has 0 fully saturated rings. The summed E-state index contributed by atoms with van der Waals surface area (Å²) in [5.74, 6) is 0.578. The maximum absolute atomic E-state index is 10.7. The third-order valence-electron chi connectivity index (χ3n) is 1.24. The molecule has 0 saturated carbocycles. The zero-order valence-electron chi connectivity index (χ0n) is 7.57. The zero-order chi connectivity index (χ0) is 9.84. The number of thiazole rings is 1. The van der Waals surface area contributed by atoms with Gasteiger partial charge in [0.15, 0.2) is 0 Å². The van der Waals surface area contributed by atoms with Gasteiger partial charge in [-0.1, -0.05) is 0 Å². The first-order chi connectivity index (χ1) is 6.08. The van der Waals surface area contributed by atoms with E-state index in [0.717, 1.165) is 5.69 Å². The molecule has 0 saturated heterocycles. The molecule has 1 heterocycles. The molecule has 5 heteroatoms. The maximum atomic E-state index is 10.7. The fraction of sp³-hybridized carbons (Fsp3) is 0.375. The van der Waals surface area contributed by atoms with Crippen molar-refractivity contribution in [2.75, 3.05) is 0 Å². The van der Waals surface area contributed by atoms with Crippen LogP contribution < -0.4 is 5.73 Å². The van der Waals surface area contributed by atoms with Crippen LogP contribution in [0.4, 0.5) is 5.13 Å². The predicted octanol–water partition coefficient (Wildman–Crippen LogP) is 1.28. The minimum Gasteiger partial charge on any atom is -0.387 e. The van der Waals surface area contributed by atoms with Crippen LogP contribution in [-0.4, -0.2) is 16.6 Å². The quantitative estimate of drug-likeness (QED) is 0.586. The molecule has 70 valence electrons. The molecule has 1 aromatic rings. The van der Waals surface area contributed by atoms with E-state index in [1.165, 1.54) is 18.3 Å². The number of hydrogen-bond acceptors (Lipinski definition) is 4. The molecular formula is C8H11N3OS. The van der Waals surface area contributed by atoms with Gasteiger partial charge in [-0.2, -0.15) is 0 Å². The van der Waals surface area contributed by atoms with Crippen LogP contribution in [0.5, 0.6) is 0 Å². The second-order valence-electron chi connectivity index (χ2n) is 2.75. The Morgan fingerprint density at radius 2 is 2.38 bits per heavy atom. The van der Waals surface area contributed by atoms with Gasteiger partial charge in [-0.25, -0.2) is 9.98 Å². The molecule has 0 aromatic carbocycles. The molecule has 0 radical (unpaired) electrons. The van der Waals surface area contributed by atoms with E-state index < -0.39 is 0 Å². The van der Waals surface area contributed by atoms with Crippen molar-refractivity contribution in [3.8, 4) is 0 Å². The number of aliphatic imine (C=N–C) groups is 1. The van der Waals surface area contributed by atoms with Crippen LogP contribution in [0.15, 0.2) is 10.4 Å². The SMILES string of the molecule is CC(=O)Cc1csc(/N=C(/C)N)n1. The van der Waals surface area contributed by atoms with Crippen LogP contribution in [0.25, 0.3) is 0 Å². The van der Waals surface area contributed by atoms with Gasteiger partial charge in [0, 0.05) is 11.8 Å². The third kappa shape index (κ3) is 3.33. The molecule has 0 aliphatic carbocycles. The van der Waals surface area contributed by atoms with E-state index in [4.69, 9.17) is 5.73 Å². The van der Waals surface area contributed by atoms with E-state index in [9.17, 15) is 4.79 Å². The van der Waals surface area contributed by atoms with Gasteiger partial charge in [0.25, 0.3) is 0 Å². The van der Waals surface area contributed by atoms with Gasteiger partial charge in [-0.05, 0) is 13.8 Å². The van der Waals surface area contributed by atoms with E-state index in [-0.39, 0.29) is 5.78 Å². The Bertz CT molecular complexity index is 339. The average molecular weight is 197 g/mol. The number of aromatic nitrogens is 1. The molecule has 0 unspecified atom stereocenters. The summed E-state index contributed by atoms with van der Waals surface area (Å²) in [6.45, 7) is 3.24. The van der Waals surface area contributed by atoms with E-state index in [1.54, 1.807) is 6.92 Å². The fourth-order valence-electron chi connectivity index (χ4n) is 0.835. The second kappa shape index (κ2) is 4.13. The summed E-state index contributed by atoms with van der Waals surface area (Å²) in [6, 6.07) is 0. The number of ketones is 1. The van der Waals surface area contributed by atoms with Crippen molar-refractivity contribution in [2.45, 2.75) is 20.3 Å². The van der Waals surface area contributed by atoms with Crippen molar-refractivity contribution in [1.82, 2.24) is 4.98 Å². The van der Waals surface area contributed by atoms with Crippen molar-refractivity contribution < 1.29 is 4.79 Å². The highest BCUT2D eigenvalue weighted by Gasteiger charge is 2.02. The third-order valence-corrected chi connectivity index (χ3v) is 2.03. The lowest BCUT2D eigenvalue weighted by molar-refractivity contribution is -0.116. The minimum atomic E-state index is 0.102. The molecular weight excluding hydrogens is 186 g/mol. The molecule has 1 rings (SSSR count). The van der Waals surface area contributed by atoms with Crippen molar-refractivity contribution in [3.05, 3.63) is 11.1 Å². The monoisotopic (exact) mass is 197 g/mol. The molecule has 0 bridgehead atoms. The second-order valence-corrected chi connectivity index (χ2v) is 3.59. The van der Waals surface area contributed by atoms with E-state index in [1.807, 2.05) is 5.38 Å². The van der Waals surface area contributed by atoms with Crippen LogP contribution >= 0.6 is 11.3 Å². The first-order valence-electron chi connectivity index (χ1n) is 3.82. The Labute approximate surface area is 80.5 Å². The molecule has 0 amide bonds. The van der Waals surface area contributed by atoms with Crippen LogP contribution in [-0.2, 0) is 11.2 Å². The number of hydrogen-bond donors (Lipinski definition) is 1. The summed E-state index contributed by atoms with van der Waals surface area (Å²) in [4.78, 5) is 18.8. The lowest BCUT2D eigenvalue weighted by Gasteiger charge is -1.88. The number of carbonyl (C=O) groups excluding carboxylic acids is 1. The van der Waals surface area contributed by atoms with Gasteiger partial charge in [0.2, 0.25) is 5.13 Å². The van der Waals surface area contributed by atoms with Crippen molar-refractivity contribution in [2.24, 2.45) is 10.7 Å². The topological polar surface area (TPSA) is 68.3 Å². The smallest absolute Gasteiger partial charge is 0.210 e. The number of Topliss-reactive ketones (excluding diaryl/α,β-unsaturated/α-hetero) is 1. The largest absolute Gasteiger partial charge is 0.387 e. The summed E-state index contributed by atoms with van der Waals surface area (Å²) >= 11 is 1.39. The molecule has 2 N–H and O–H groups in total. The van der Waals surface area contributed by atoms with Gasteiger partial charge in [0.1, 0.15) is 5.78 Å². The molecule has 0 aliphatic rings. The Morgan fingerprint density at radius 3 is 2.92 bits per heavy atom. The molecule has 13 heavy (non-hydrogen) atoms. The average Bonchev–Trinajstić information content (AvgIpc) is 2.33. The Morgan fingerprint density at radius 1 is 1.69 bits per heavy atom. The Hall–Kier alpha value is -1.23. The first-order valence-corrected chi connectivity index (χ1v) is 4.70. The molecule has 0 spiro atoms. The summed E-state index contributed by atoms with van der Waals surface area (Å²) in [7, 11) is 0. The van der Waals surface area contributed by atoms with Gasteiger partial charge in [-0.3, -0.25) is 4.79 Å². The van der Waals surface area contributed by atoms with Gasteiger partial charge < -0.3 is 5.73 Å². The molecule has 0 atom stereocenters. The molecule has 1 aromatic heterocycles. The fourth-order valence-corrected chi connectivity index (χ4v) is 1.58. The van der Waals surface area contributed by atoms with Crippen molar-refractivity contribution >= 4 is 28.1 Å². The van der Waals surface area contributed by atoms with E-state index in [0.29, 0.717) is 17.4 Å². The highest BCUT2D eigenvalue weighted by Crippen LogP contribution is 2.18. The number of nitrogens with two attached hydrogens (primary N) is 1. The summed E-state index contributed by atoms with van der Waals surface area (Å²) in [5, 5.41) is 2.43. The summed E-state index contributed by atoms with van der Waals surface area (Å²) < 4.78 is 0. The van der Waals surface area contributed by atoms with E-state index >= 15 is 0 Å². The summed E-state index contributed by atoms with van der Waals surface area (Å²) in [6.07, 6.45) is 0.371. The van der Waals surface area contributed by atoms with Crippen LogP contribution in [0.1, 0.15) is 19.5 Å².